The van der Waals surface area contributed by atoms with E-state index in [1.807, 2.05) is 31.2 Å². The first kappa shape index (κ1) is 33.1. The van der Waals surface area contributed by atoms with Gasteiger partial charge in [0.05, 0.1) is 15.5 Å². The second kappa shape index (κ2) is 15.3. The first-order chi connectivity index (χ1) is 20.7. The average Bonchev–Trinajstić information content (AvgIpc) is 3.82. The number of carbonyl (C=O) groups is 1. The van der Waals surface area contributed by atoms with Gasteiger partial charge in [0.25, 0.3) is 0 Å². The van der Waals surface area contributed by atoms with E-state index in [0.29, 0.717) is 70.3 Å². The van der Waals surface area contributed by atoms with Crippen molar-refractivity contribution in [3.8, 4) is 11.5 Å². The smallest absolute Gasteiger partial charge is 0.228 e. The molecule has 1 fully saturated rings. The van der Waals surface area contributed by atoms with Crippen LogP contribution in [0.1, 0.15) is 41.6 Å². The largest absolute Gasteiger partial charge is 0.618 e. The second-order valence-corrected chi connectivity index (χ2v) is 12.2. The maximum atomic E-state index is 13.7. The minimum Gasteiger partial charge on any atom is -0.618 e. The molecule has 0 aliphatic heterocycles. The van der Waals surface area contributed by atoms with Gasteiger partial charge in [-0.1, -0.05) is 46.9 Å². The Labute approximate surface area is 267 Å². The molecule has 0 radical (unpaired) electrons. The monoisotopic (exact) mass is 649 g/mol. The average molecular weight is 651 g/mol. The number of methoxy groups -OCH3 is 1. The van der Waals surface area contributed by atoms with Crippen LogP contribution in [0.15, 0.2) is 48.7 Å². The molecule has 2 aromatic carbocycles. The predicted molar refractivity (Wildman–Crippen MR) is 169 cm³/mol. The lowest BCUT2D eigenvalue weighted by Gasteiger charge is -2.32. The summed E-state index contributed by atoms with van der Waals surface area (Å²) in [6.07, 6.45) is 4.99. The Morgan fingerprint density at radius 1 is 1.05 bits per heavy atom. The van der Waals surface area contributed by atoms with E-state index in [1.165, 1.54) is 6.20 Å². The van der Waals surface area contributed by atoms with Crippen molar-refractivity contribution in [2.45, 2.75) is 45.6 Å². The zero-order valence-electron chi connectivity index (χ0n) is 24.5. The van der Waals surface area contributed by atoms with Crippen molar-refractivity contribution in [1.82, 2.24) is 5.32 Å². The molecule has 1 unspecified atom stereocenters. The summed E-state index contributed by atoms with van der Waals surface area (Å²) in [7, 11) is 1.62. The third-order valence-corrected chi connectivity index (χ3v) is 8.64. The van der Waals surface area contributed by atoms with Crippen molar-refractivity contribution in [2.24, 2.45) is 17.1 Å². The van der Waals surface area contributed by atoms with Crippen LogP contribution >= 0.6 is 34.8 Å². The fourth-order valence-corrected chi connectivity index (χ4v) is 6.16. The van der Waals surface area contributed by atoms with Gasteiger partial charge >= 0.3 is 0 Å². The molecule has 1 aromatic heterocycles. The molecule has 1 amide bonds. The Morgan fingerprint density at radius 2 is 1.72 bits per heavy atom. The molecule has 1 aliphatic carbocycles. The molecule has 43 heavy (non-hydrogen) atoms. The van der Waals surface area contributed by atoms with Crippen LogP contribution < -0.4 is 25.3 Å². The van der Waals surface area contributed by atoms with E-state index in [2.05, 4.69) is 5.32 Å². The summed E-state index contributed by atoms with van der Waals surface area (Å²) in [5, 5.41) is 16.6. The number of rotatable bonds is 16. The number of halogens is 3. The van der Waals surface area contributed by atoms with Crippen molar-refractivity contribution < 1.29 is 23.7 Å². The van der Waals surface area contributed by atoms with Gasteiger partial charge in [0, 0.05) is 44.9 Å². The summed E-state index contributed by atoms with van der Waals surface area (Å²) in [6.45, 7) is 3.47. The number of nitrogens with two attached hydrogens (primary N) is 1. The summed E-state index contributed by atoms with van der Waals surface area (Å²) < 4.78 is 17.4. The van der Waals surface area contributed by atoms with Crippen molar-refractivity contribution in [2.75, 3.05) is 33.5 Å². The third-order valence-electron chi connectivity index (χ3n) is 7.74. The zero-order chi connectivity index (χ0) is 31.0. The van der Waals surface area contributed by atoms with Crippen molar-refractivity contribution in [1.29, 1.82) is 0 Å². The Bertz CT molecular complexity index is 1380. The van der Waals surface area contributed by atoms with Crippen molar-refractivity contribution in [3.05, 3.63) is 91.3 Å². The number of hydrogen-bond donors (Lipinski definition) is 2. The molecule has 1 saturated carbocycles. The normalized spacial score (nSPS) is 14.3. The molecular formula is C32H38Cl3N3O5. The molecule has 0 saturated heterocycles. The molecule has 232 valence electrons. The topological polar surface area (TPSA) is 110 Å². The van der Waals surface area contributed by atoms with E-state index in [1.54, 1.807) is 25.3 Å². The van der Waals surface area contributed by atoms with E-state index in [-0.39, 0.29) is 31.5 Å². The van der Waals surface area contributed by atoms with Crippen LogP contribution in [-0.2, 0) is 28.9 Å². The predicted octanol–water partition coefficient (Wildman–Crippen LogP) is 5.84. The highest BCUT2D eigenvalue weighted by atomic mass is 35.5. The summed E-state index contributed by atoms with van der Waals surface area (Å²) in [4.78, 5) is 13.7. The van der Waals surface area contributed by atoms with Gasteiger partial charge < -0.3 is 30.5 Å². The molecule has 3 aromatic rings. The number of benzene rings is 2. The van der Waals surface area contributed by atoms with Crippen LogP contribution in [0.4, 0.5) is 0 Å². The molecule has 0 bridgehead atoms. The van der Waals surface area contributed by atoms with Gasteiger partial charge in [-0.3, -0.25) is 4.79 Å². The summed E-state index contributed by atoms with van der Waals surface area (Å²) in [5.74, 6) is 1.21. The number of amides is 1. The summed E-state index contributed by atoms with van der Waals surface area (Å²) >= 11 is 18.8. The van der Waals surface area contributed by atoms with Crippen LogP contribution in [0, 0.1) is 23.5 Å². The number of aromatic nitrogens is 1. The number of pyridine rings is 1. The number of nitrogens with zero attached hydrogens (tertiary/aromatic N) is 1. The number of hydrogen-bond acceptors (Lipinski definition) is 6. The molecule has 0 spiro atoms. The Hall–Kier alpha value is -2.75. The van der Waals surface area contributed by atoms with E-state index < -0.39 is 5.41 Å². The van der Waals surface area contributed by atoms with Crippen molar-refractivity contribution in [3.63, 3.8) is 0 Å². The lowest BCUT2D eigenvalue weighted by molar-refractivity contribution is -0.614. The van der Waals surface area contributed by atoms with Crippen LogP contribution in [0.5, 0.6) is 11.5 Å². The minimum absolute atomic E-state index is 0.112. The Balaban J connectivity index is 1.35. The molecule has 3 N–H and O–H groups in total. The highest BCUT2D eigenvalue weighted by Gasteiger charge is 2.49. The van der Waals surface area contributed by atoms with Crippen LogP contribution in [0.3, 0.4) is 0 Å². The first-order valence-corrected chi connectivity index (χ1v) is 15.5. The van der Waals surface area contributed by atoms with Gasteiger partial charge in [-0.2, -0.15) is 4.73 Å². The highest BCUT2D eigenvalue weighted by Crippen LogP contribution is 2.47. The zero-order valence-corrected chi connectivity index (χ0v) is 26.7. The fraction of sp³-hybridized carbons (Fsp3) is 0.438. The SMILES string of the molecule is COCCCc1cc(CNC(=O)C(CN)(Cc2ccc(OCCOc3c(Cl)cc(C)cc3Cl)cc2)C2CC2)c(Cl)c[n+]1[O-]. The first-order valence-electron chi connectivity index (χ1n) is 14.3. The third kappa shape index (κ3) is 8.67. The maximum Gasteiger partial charge on any atom is 0.228 e. The van der Waals surface area contributed by atoms with Gasteiger partial charge in [-0.25, -0.2) is 0 Å². The van der Waals surface area contributed by atoms with Crippen molar-refractivity contribution >= 4 is 40.7 Å². The number of carbonyl (C=O) groups excluding carboxylic acids is 1. The number of aryl methyl sites for hydroxylation is 2. The van der Waals surface area contributed by atoms with Gasteiger partial charge in [-0.15, -0.1) is 0 Å². The summed E-state index contributed by atoms with van der Waals surface area (Å²) in [6, 6.07) is 13.0. The number of nitrogens with one attached hydrogen (secondary N) is 1. The highest BCUT2D eigenvalue weighted by molar-refractivity contribution is 6.37. The van der Waals surface area contributed by atoms with Gasteiger partial charge in [-0.05, 0) is 73.9 Å². The van der Waals surface area contributed by atoms with Gasteiger partial charge in [0.15, 0.2) is 17.6 Å². The maximum absolute atomic E-state index is 13.7. The Kier molecular flexibility index (Phi) is 11.8. The standard InChI is InChI=1S/C32H38Cl3N3O5/c1-21-14-27(33)30(28(34)15-21)43-13-12-42-26-9-5-22(6-10-26)17-32(20-36,24-7-8-24)31(39)37-18-23-16-25(4-3-11-41-2)38(40)19-29(23)35/h5-6,9-10,14-16,19,24H,3-4,7-8,11-13,17-18,20,36H2,1-2H3,(H,37,39). The van der Waals surface area contributed by atoms with Crippen LogP contribution in [-0.4, -0.2) is 39.4 Å². The Morgan fingerprint density at radius 3 is 2.35 bits per heavy atom. The fourth-order valence-electron chi connectivity index (χ4n) is 5.24. The van der Waals surface area contributed by atoms with E-state index in [0.717, 1.165) is 28.7 Å². The molecule has 8 nitrogen and oxygen atoms in total. The second-order valence-electron chi connectivity index (χ2n) is 11.0. The minimum atomic E-state index is -0.746. The molecule has 1 heterocycles. The lowest BCUT2D eigenvalue weighted by Crippen LogP contribution is -2.49. The quantitative estimate of drug-likeness (QED) is 0.115. The van der Waals surface area contributed by atoms with Crippen LogP contribution in [0.2, 0.25) is 15.1 Å². The van der Waals surface area contributed by atoms with Gasteiger partial charge in [0.1, 0.15) is 24.0 Å². The molecule has 1 atom stereocenters. The van der Waals surface area contributed by atoms with E-state index in [9.17, 15) is 10.0 Å². The number of ether oxygens (including phenoxy) is 3. The molecule has 1 aliphatic rings. The lowest BCUT2D eigenvalue weighted by atomic mass is 9.76. The van der Waals surface area contributed by atoms with E-state index >= 15 is 0 Å². The molecule has 4 rings (SSSR count). The van der Waals surface area contributed by atoms with E-state index in [4.69, 9.17) is 54.7 Å². The summed E-state index contributed by atoms with van der Waals surface area (Å²) in [5.41, 5.74) is 8.76. The molecule has 11 heteroatoms. The van der Waals surface area contributed by atoms with Gasteiger partial charge in [0.2, 0.25) is 5.91 Å². The van der Waals surface area contributed by atoms with Crippen LogP contribution in [0.25, 0.3) is 0 Å². The molecular weight excluding hydrogens is 613 g/mol.